The molecule has 0 saturated carbocycles. The molecule has 10 heteroatoms. The third-order valence-electron chi connectivity index (χ3n) is 4.27. The summed E-state index contributed by atoms with van der Waals surface area (Å²) >= 11 is 0. The smallest absolute Gasteiger partial charge is 0.336 e. The molecule has 3 aromatic rings. The van der Waals surface area contributed by atoms with Crippen molar-refractivity contribution in [2.75, 3.05) is 6.54 Å². The molecule has 0 aliphatic carbocycles. The maximum atomic E-state index is 13.0. The highest BCUT2D eigenvalue weighted by atomic mass is 32.2. The number of carbonyl (C=O) groups excluding carboxylic acids is 1. The summed E-state index contributed by atoms with van der Waals surface area (Å²) in [5.74, 6) is -1.00. The molecule has 1 radical (unpaired) electrons. The molecule has 2 aromatic heterocycles. The second-order valence-electron chi connectivity index (χ2n) is 5.99. The summed E-state index contributed by atoms with van der Waals surface area (Å²) < 4.78 is 32.3. The first kappa shape index (κ1) is 17.3. The number of benzene rings is 1. The molecule has 27 heavy (non-hydrogen) atoms. The van der Waals surface area contributed by atoms with Crippen molar-refractivity contribution < 1.29 is 17.6 Å². The normalized spacial score (nSPS) is 14.8. The largest absolute Gasteiger partial charge is 0.423 e. The van der Waals surface area contributed by atoms with Gasteiger partial charge in [-0.2, -0.15) is 4.31 Å². The average molecular weight is 385 g/mol. The number of hydrogen-bond donors (Lipinski definition) is 1. The number of sulfonamides is 1. The molecule has 1 aliphatic heterocycles. The highest BCUT2D eigenvalue weighted by Gasteiger charge is 2.30. The van der Waals surface area contributed by atoms with Crippen LogP contribution in [0.5, 0.6) is 0 Å². The molecule has 0 unspecified atom stereocenters. The Morgan fingerprint density at radius 3 is 2.85 bits per heavy atom. The van der Waals surface area contributed by atoms with E-state index in [-0.39, 0.29) is 23.8 Å². The monoisotopic (exact) mass is 385 g/mol. The summed E-state index contributed by atoms with van der Waals surface area (Å²) in [7, 11) is -3.82. The molecule has 4 rings (SSSR count). The standard InChI is InChI=1S/C17H13N4O5S/c18-16(23)17-19-8-11-5-6-21(9-13(11)20-17)27(24,25)12-2-3-14-10(7-12)1-4-15(22)26-14/h1-4,7H,5-6,9H2,(H2,18,23). The number of nitrogens with two attached hydrogens (primary N) is 1. The van der Waals surface area contributed by atoms with E-state index in [1.54, 1.807) is 0 Å². The van der Waals surface area contributed by atoms with Gasteiger partial charge in [-0.1, -0.05) is 0 Å². The molecule has 0 atom stereocenters. The lowest BCUT2D eigenvalue weighted by Crippen LogP contribution is -2.37. The molecule has 1 aromatic carbocycles. The van der Waals surface area contributed by atoms with Gasteiger partial charge in [0.05, 0.1) is 23.3 Å². The predicted octanol–water partition coefficient (Wildman–Crippen LogP) is 0.229. The lowest BCUT2D eigenvalue weighted by atomic mass is 10.1. The van der Waals surface area contributed by atoms with Gasteiger partial charge in [-0.25, -0.2) is 23.2 Å². The molecule has 9 nitrogen and oxygen atoms in total. The molecule has 3 heterocycles. The highest BCUT2D eigenvalue weighted by molar-refractivity contribution is 7.89. The van der Waals surface area contributed by atoms with Crippen LogP contribution in [-0.2, 0) is 23.0 Å². The van der Waals surface area contributed by atoms with E-state index in [0.29, 0.717) is 28.6 Å². The molecular weight excluding hydrogens is 372 g/mol. The summed E-state index contributed by atoms with van der Waals surface area (Å²) in [5.41, 5.74) is 6.03. The van der Waals surface area contributed by atoms with Crippen molar-refractivity contribution in [2.45, 2.75) is 17.9 Å². The number of nitrogens with zero attached hydrogens (tertiary/aromatic N) is 3. The number of carbonyl (C=O) groups is 1. The van der Waals surface area contributed by atoms with Gasteiger partial charge in [-0.05, 0) is 30.7 Å². The van der Waals surface area contributed by atoms with Crippen molar-refractivity contribution in [1.82, 2.24) is 14.3 Å². The quantitative estimate of drug-likeness (QED) is 0.637. The fraction of sp³-hybridized carbons (Fsp3) is 0.176. The minimum atomic E-state index is -3.82. The van der Waals surface area contributed by atoms with Crippen molar-refractivity contribution in [3.8, 4) is 0 Å². The number of primary amides is 1. The maximum Gasteiger partial charge on any atom is 0.336 e. The molecule has 2 N–H and O–H groups in total. The summed E-state index contributed by atoms with van der Waals surface area (Å²) in [6.07, 6.45) is 3.07. The van der Waals surface area contributed by atoms with Gasteiger partial charge >= 0.3 is 5.63 Å². The van der Waals surface area contributed by atoms with E-state index in [1.807, 2.05) is 0 Å². The molecule has 0 bridgehead atoms. The van der Waals surface area contributed by atoms with E-state index in [2.05, 4.69) is 16.2 Å². The van der Waals surface area contributed by atoms with Crippen molar-refractivity contribution in [3.63, 3.8) is 0 Å². The van der Waals surface area contributed by atoms with Gasteiger partial charge in [0.1, 0.15) is 5.58 Å². The van der Waals surface area contributed by atoms with Crippen LogP contribution in [0.1, 0.15) is 21.9 Å². The highest BCUT2D eigenvalue weighted by Crippen LogP contribution is 2.25. The van der Waals surface area contributed by atoms with Crippen LogP contribution in [0.3, 0.4) is 0 Å². The van der Waals surface area contributed by atoms with Gasteiger partial charge in [0.2, 0.25) is 15.8 Å². The van der Waals surface area contributed by atoms with Crippen LogP contribution in [0.15, 0.2) is 44.4 Å². The molecule has 0 spiro atoms. The predicted molar refractivity (Wildman–Crippen MR) is 93.2 cm³/mol. The minimum Gasteiger partial charge on any atom is -0.423 e. The zero-order chi connectivity index (χ0) is 19.2. The number of aromatic nitrogens is 2. The van der Waals surface area contributed by atoms with E-state index in [1.165, 1.54) is 34.6 Å². The summed E-state index contributed by atoms with van der Waals surface area (Å²) in [4.78, 5) is 30.4. The van der Waals surface area contributed by atoms with Crippen LogP contribution >= 0.6 is 0 Å². The Morgan fingerprint density at radius 2 is 2.07 bits per heavy atom. The van der Waals surface area contributed by atoms with Crippen molar-refractivity contribution in [2.24, 2.45) is 5.73 Å². The van der Waals surface area contributed by atoms with E-state index >= 15 is 0 Å². The van der Waals surface area contributed by atoms with Gasteiger partial charge in [0, 0.05) is 23.6 Å². The summed E-state index contributed by atoms with van der Waals surface area (Å²) in [5, 5.41) is 0.500. The first-order valence-electron chi connectivity index (χ1n) is 7.96. The zero-order valence-electron chi connectivity index (χ0n) is 13.9. The summed E-state index contributed by atoms with van der Waals surface area (Å²) in [6.45, 7) is 0.214. The first-order valence-corrected chi connectivity index (χ1v) is 9.40. The molecule has 0 fully saturated rings. The van der Waals surface area contributed by atoms with Crippen LogP contribution < -0.4 is 11.4 Å². The third-order valence-corrected chi connectivity index (χ3v) is 6.11. The molecule has 1 aliphatic rings. The zero-order valence-corrected chi connectivity index (χ0v) is 14.7. The number of hydrogen-bond acceptors (Lipinski definition) is 7. The topological polar surface area (TPSA) is 136 Å². The Morgan fingerprint density at radius 1 is 1.26 bits per heavy atom. The number of amides is 1. The van der Waals surface area contributed by atoms with Crippen LogP contribution in [0, 0.1) is 6.20 Å². The van der Waals surface area contributed by atoms with Gasteiger partial charge < -0.3 is 10.2 Å². The van der Waals surface area contributed by atoms with Gasteiger partial charge in [0.15, 0.2) is 0 Å². The average Bonchev–Trinajstić information content (AvgIpc) is 2.66. The van der Waals surface area contributed by atoms with Crippen molar-refractivity contribution in [1.29, 1.82) is 0 Å². The van der Waals surface area contributed by atoms with Crippen molar-refractivity contribution in [3.05, 3.63) is 64.0 Å². The van der Waals surface area contributed by atoms with Crippen molar-refractivity contribution >= 4 is 26.9 Å². The Bertz CT molecular complexity index is 1240. The number of rotatable bonds is 3. The second-order valence-corrected chi connectivity index (χ2v) is 7.93. The lowest BCUT2D eigenvalue weighted by Gasteiger charge is -2.27. The lowest BCUT2D eigenvalue weighted by molar-refractivity contribution is 0.0989. The van der Waals surface area contributed by atoms with Gasteiger partial charge in [-0.3, -0.25) is 4.79 Å². The Hall–Kier alpha value is -3.11. The fourth-order valence-electron chi connectivity index (χ4n) is 2.89. The van der Waals surface area contributed by atoms with E-state index < -0.39 is 21.6 Å². The second kappa shape index (κ2) is 6.25. The van der Waals surface area contributed by atoms with E-state index in [9.17, 15) is 18.0 Å². The van der Waals surface area contributed by atoms with E-state index in [4.69, 9.17) is 10.2 Å². The Kier molecular flexibility index (Phi) is 4.01. The Labute approximate surface area is 153 Å². The Balaban J connectivity index is 1.70. The minimum absolute atomic E-state index is 0.0150. The fourth-order valence-corrected chi connectivity index (χ4v) is 4.33. The van der Waals surface area contributed by atoms with Crippen LogP contribution in [-0.4, -0.2) is 35.1 Å². The maximum absolute atomic E-state index is 13.0. The number of fused-ring (bicyclic) bond motifs is 2. The van der Waals surface area contributed by atoms with Crippen LogP contribution in [0.4, 0.5) is 0 Å². The van der Waals surface area contributed by atoms with Crippen LogP contribution in [0.25, 0.3) is 11.0 Å². The SMILES string of the molecule is NC(=O)c1n[c]c2c(n1)CN(S(=O)(=O)c1ccc3oc(=O)ccc3c1)CC2. The van der Waals surface area contributed by atoms with Gasteiger partial charge in [0.25, 0.3) is 5.91 Å². The molecule has 137 valence electrons. The molecule has 0 saturated heterocycles. The van der Waals surface area contributed by atoms with E-state index in [0.717, 1.165) is 0 Å². The van der Waals surface area contributed by atoms with Crippen LogP contribution in [0.2, 0.25) is 0 Å². The third kappa shape index (κ3) is 3.09. The molecule has 1 amide bonds. The molecular formula is C17H13N4O5S. The van der Waals surface area contributed by atoms with Gasteiger partial charge in [-0.15, -0.1) is 0 Å². The first-order chi connectivity index (χ1) is 12.8. The summed E-state index contributed by atoms with van der Waals surface area (Å²) in [6, 6.07) is 7.02.